The lowest BCUT2D eigenvalue weighted by Crippen LogP contribution is -2.49. The van der Waals surface area contributed by atoms with E-state index in [1.165, 1.54) is 0 Å². The minimum Gasteiger partial charge on any atom is -0.492 e. The quantitative estimate of drug-likeness (QED) is 0.621. The normalized spacial score (nSPS) is 20.0. The standard InChI is InChI=1S/C24H34N2O6/c1-17(2)14-30-19-4-3-5-20-21(19)22(25-32-20)31-15-18-6-10-26(11-7-18)16-24(23(27)28)8-12-29-13-9-24/h3-5,17-18H,6-16H2,1-2H3,(H,27,28). The Morgan fingerprint density at radius 2 is 2.00 bits per heavy atom. The topological polar surface area (TPSA) is 94.3 Å². The monoisotopic (exact) mass is 446 g/mol. The number of ether oxygens (including phenoxy) is 3. The van der Waals surface area contributed by atoms with Crippen LogP contribution in [0.3, 0.4) is 0 Å². The lowest BCUT2D eigenvalue weighted by molar-refractivity contribution is -0.157. The molecule has 2 fully saturated rings. The van der Waals surface area contributed by atoms with Crippen LogP contribution in [-0.2, 0) is 9.53 Å². The second-order valence-electron chi connectivity index (χ2n) is 9.55. The van der Waals surface area contributed by atoms with E-state index in [1.807, 2.05) is 18.2 Å². The number of carboxylic acids is 1. The zero-order valence-electron chi connectivity index (χ0n) is 19.0. The maximum Gasteiger partial charge on any atom is 0.311 e. The minimum atomic E-state index is -0.695. The van der Waals surface area contributed by atoms with Crippen molar-refractivity contribution in [3.05, 3.63) is 18.2 Å². The third-order valence-electron chi connectivity index (χ3n) is 6.59. The van der Waals surface area contributed by atoms with Gasteiger partial charge in [0.2, 0.25) is 0 Å². The average molecular weight is 447 g/mol. The number of aromatic nitrogens is 1. The van der Waals surface area contributed by atoms with Crippen molar-refractivity contribution in [3.63, 3.8) is 0 Å². The molecule has 3 heterocycles. The molecular weight excluding hydrogens is 412 g/mol. The van der Waals surface area contributed by atoms with Gasteiger partial charge in [0.1, 0.15) is 11.1 Å². The summed E-state index contributed by atoms with van der Waals surface area (Å²) in [5, 5.41) is 14.7. The summed E-state index contributed by atoms with van der Waals surface area (Å²) >= 11 is 0. The summed E-state index contributed by atoms with van der Waals surface area (Å²) in [4.78, 5) is 14.2. The van der Waals surface area contributed by atoms with E-state index >= 15 is 0 Å². The summed E-state index contributed by atoms with van der Waals surface area (Å²) in [6.45, 7) is 8.83. The van der Waals surface area contributed by atoms with E-state index in [9.17, 15) is 9.90 Å². The summed E-state index contributed by atoms with van der Waals surface area (Å²) in [7, 11) is 0. The van der Waals surface area contributed by atoms with Crippen molar-refractivity contribution in [3.8, 4) is 11.6 Å². The fraction of sp³-hybridized carbons (Fsp3) is 0.667. The number of rotatable bonds is 9. The van der Waals surface area contributed by atoms with E-state index in [0.717, 1.165) is 37.1 Å². The van der Waals surface area contributed by atoms with Crippen molar-refractivity contribution in [2.45, 2.75) is 39.5 Å². The Hall–Kier alpha value is -2.32. The summed E-state index contributed by atoms with van der Waals surface area (Å²) < 4.78 is 22.9. The van der Waals surface area contributed by atoms with Gasteiger partial charge in [-0.1, -0.05) is 19.9 Å². The zero-order chi connectivity index (χ0) is 22.6. The van der Waals surface area contributed by atoms with Crippen LogP contribution >= 0.6 is 0 Å². The lowest BCUT2D eigenvalue weighted by atomic mass is 9.79. The largest absolute Gasteiger partial charge is 0.492 e. The lowest BCUT2D eigenvalue weighted by Gasteiger charge is -2.40. The molecule has 2 saturated heterocycles. The van der Waals surface area contributed by atoms with Gasteiger partial charge < -0.3 is 28.7 Å². The molecule has 0 atom stereocenters. The molecule has 0 unspecified atom stereocenters. The van der Waals surface area contributed by atoms with E-state index < -0.39 is 11.4 Å². The molecule has 0 amide bonds. The van der Waals surface area contributed by atoms with Gasteiger partial charge in [0.05, 0.1) is 18.6 Å². The first-order valence-corrected chi connectivity index (χ1v) is 11.6. The molecule has 0 spiro atoms. The highest BCUT2D eigenvalue weighted by Gasteiger charge is 2.42. The Kier molecular flexibility index (Phi) is 7.20. The molecule has 0 radical (unpaired) electrons. The molecule has 8 nitrogen and oxygen atoms in total. The summed E-state index contributed by atoms with van der Waals surface area (Å²) in [6.07, 6.45) is 3.12. The molecule has 2 aliphatic heterocycles. The van der Waals surface area contributed by atoms with Crippen LogP contribution < -0.4 is 9.47 Å². The Balaban J connectivity index is 1.31. The van der Waals surface area contributed by atoms with E-state index in [1.54, 1.807) is 0 Å². The summed E-state index contributed by atoms with van der Waals surface area (Å²) in [6, 6.07) is 5.68. The van der Waals surface area contributed by atoms with Crippen LogP contribution in [0.1, 0.15) is 39.5 Å². The predicted molar refractivity (Wildman–Crippen MR) is 119 cm³/mol. The number of piperidine rings is 1. The highest BCUT2D eigenvalue weighted by molar-refractivity contribution is 5.88. The molecule has 2 aromatic rings. The molecule has 1 aromatic heterocycles. The molecular formula is C24H34N2O6. The van der Waals surface area contributed by atoms with Crippen LogP contribution in [-0.4, -0.2) is 67.2 Å². The minimum absolute atomic E-state index is 0.400. The molecule has 0 aliphatic carbocycles. The maximum absolute atomic E-state index is 11.9. The number of carboxylic acid groups (broad SMARTS) is 1. The first-order valence-electron chi connectivity index (χ1n) is 11.6. The van der Waals surface area contributed by atoms with Crippen molar-refractivity contribution in [2.24, 2.45) is 17.3 Å². The van der Waals surface area contributed by atoms with Crippen molar-refractivity contribution in [1.82, 2.24) is 10.1 Å². The number of benzene rings is 1. The molecule has 8 heteroatoms. The highest BCUT2D eigenvalue weighted by Crippen LogP contribution is 2.35. The number of fused-ring (bicyclic) bond motifs is 1. The maximum atomic E-state index is 11.9. The summed E-state index contributed by atoms with van der Waals surface area (Å²) in [5.74, 6) is 1.34. The highest BCUT2D eigenvalue weighted by atomic mass is 16.5. The first kappa shape index (κ1) is 22.9. The zero-order valence-corrected chi connectivity index (χ0v) is 19.0. The van der Waals surface area contributed by atoms with Crippen LogP contribution in [0.4, 0.5) is 0 Å². The van der Waals surface area contributed by atoms with Crippen LogP contribution in [0.15, 0.2) is 22.7 Å². The van der Waals surface area contributed by atoms with Gasteiger partial charge in [0, 0.05) is 19.8 Å². The smallest absolute Gasteiger partial charge is 0.311 e. The number of nitrogens with zero attached hydrogens (tertiary/aromatic N) is 2. The second kappa shape index (κ2) is 10.1. The average Bonchev–Trinajstić information content (AvgIpc) is 3.21. The Bertz CT molecular complexity index is 897. The molecule has 2 aliphatic rings. The van der Waals surface area contributed by atoms with Crippen LogP contribution in [0.2, 0.25) is 0 Å². The first-order chi connectivity index (χ1) is 15.5. The van der Waals surface area contributed by atoms with Gasteiger partial charge in [-0.2, -0.15) is 0 Å². The van der Waals surface area contributed by atoms with Gasteiger partial charge in [-0.05, 0) is 67.9 Å². The number of likely N-dealkylation sites (tertiary alicyclic amines) is 1. The number of hydrogen-bond acceptors (Lipinski definition) is 7. The second-order valence-corrected chi connectivity index (χ2v) is 9.55. The van der Waals surface area contributed by atoms with Crippen molar-refractivity contribution >= 4 is 16.9 Å². The van der Waals surface area contributed by atoms with E-state index in [-0.39, 0.29) is 0 Å². The van der Waals surface area contributed by atoms with Crippen molar-refractivity contribution in [2.75, 3.05) is 46.1 Å². The molecule has 1 aromatic carbocycles. The van der Waals surface area contributed by atoms with Gasteiger partial charge in [0.25, 0.3) is 5.88 Å². The predicted octanol–water partition coefficient (Wildman–Crippen LogP) is 3.83. The Labute approximate surface area is 188 Å². The third kappa shape index (κ3) is 5.18. The molecule has 0 saturated carbocycles. The molecule has 176 valence electrons. The molecule has 32 heavy (non-hydrogen) atoms. The number of aliphatic carboxylic acids is 1. The van der Waals surface area contributed by atoms with Crippen molar-refractivity contribution in [1.29, 1.82) is 0 Å². The Morgan fingerprint density at radius 1 is 1.25 bits per heavy atom. The fourth-order valence-corrected chi connectivity index (χ4v) is 4.55. The Morgan fingerprint density at radius 3 is 2.69 bits per heavy atom. The molecule has 1 N–H and O–H groups in total. The fourth-order valence-electron chi connectivity index (χ4n) is 4.55. The summed E-state index contributed by atoms with van der Waals surface area (Å²) in [5.41, 5.74) is -0.0142. The van der Waals surface area contributed by atoms with Gasteiger partial charge >= 0.3 is 5.97 Å². The number of hydrogen-bond donors (Lipinski definition) is 1. The number of carbonyl (C=O) groups is 1. The SMILES string of the molecule is CC(C)COc1cccc2onc(OCC3CCN(CC4(C(=O)O)CCOCC4)CC3)c12. The third-order valence-corrected chi connectivity index (χ3v) is 6.59. The molecule has 0 bridgehead atoms. The van der Waals surface area contributed by atoms with E-state index in [0.29, 0.717) is 69.1 Å². The van der Waals surface area contributed by atoms with Gasteiger partial charge in [-0.15, -0.1) is 0 Å². The van der Waals surface area contributed by atoms with Gasteiger partial charge in [-0.25, -0.2) is 0 Å². The van der Waals surface area contributed by atoms with Crippen molar-refractivity contribution < 1.29 is 28.6 Å². The van der Waals surface area contributed by atoms with Gasteiger partial charge in [0.15, 0.2) is 5.58 Å². The van der Waals surface area contributed by atoms with E-state index in [4.69, 9.17) is 18.7 Å². The van der Waals surface area contributed by atoms with Crippen LogP contribution in [0, 0.1) is 17.3 Å². The van der Waals surface area contributed by atoms with Gasteiger partial charge in [-0.3, -0.25) is 4.79 Å². The van der Waals surface area contributed by atoms with Crippen LogP contribution in [0.5, 0.6) is 11.6 Å². The van der Waals surface area contributed by atoms with Crippen LogP contribution in [0.25, 0.3) is 11.0 Å². The van der Waals surface area contributed by atoms with E-state index in [2.05, 4.69) is 23.9 Å². The molecule has 4 rings (SSSR count).